The molecule has 0 aliphatic rings. The Hall–Kier alpha value is -2.25. The lowest BCUT2D eigenvalue weighted by Crippen LogP contribution is -2.42. The Morgan fingerprint density at radius 1 is 1.05 bits per heavy atom. The Kier molecular flexibility index (Phi) is 8.59. The minimum atomic E-state index is -0.663. The molecule has 0 bridgehead atoms. The Labute approximate surface area is 124 Å². The predicted molar refractivity (Wildman–Crippen MR) is 76.8 cm³/mol. The summed E-state index contributed by atoms with van der Waals surface area (Å²) in [5, 5.41) is 7.27. The van der Waals surface area contributed by atoms with Crippen molar-refractivity contribution >= 4 is 18.1 Å². The SMILES string of the molecule is C=CCOC(=O)NCCNC(=O)CNC(=O)OC(C)(C)C. The average Bonchev–Trinajstić information content (AvgIpc) is 2.37. The van der Waals surface area contributed by atoms with Crippen LogP contribution in [0.3, 0.4) is 0 Å². The molecule has 0 spiro atoms. The van der Waals surface area contributed by atoms with Crippen molar-refractivity contribution in [3.8, 4) is 0 Å². The fourth-order valence-electron chi connectivity index (χ4n) is 1.08. The molecule has 0 radical (unpaired) electrons. The summed E-state index contributed by atoms with van der Waals surface area (Å²) in [4.78, 5) is 33.7. The zero-order valence-corrected chi connectivity index (χ0v) is 12.7. The van der Waals surface area contributed by atoms with Gasteiger partial charge in [-0.25, -0.2) is 9.59 Å². The zero-order valence-electron chi connectivity index (χ0n) is 12.7. The second kappa shape index (κ2) is 9.62. The molecule has 0 rings (SSSR count). The van der Waals surface area contributed by atoms with E-state index in [0.717, 1.165) is 0 Å². The maximum absolute atomic E-state index is 11.4. The fraction of sp³-hybridized carbons (Fsp3) is 0.615. The van der Waals surface area contributed by atoms with Gasteiger partial charge >= 0.3 is 12.2 Å². The van der Waals surface area contributed by atoms with Crippen LogP contribution in [0.1, 0.15) is 20.8 Å². The number of hydrogen-bond donors (Lipinski definition) is 3. The van der Waals surface area contributed by atoms with Gasteiger partial charge in [0.1, 0.15) is 12.2 Å². The molecule has 0 atom stereocenters. The third-order valence-electron chi connectivity index (χ3n) is 1.84. The van der Waals surface area contributed by atoms with E-state index in [2.05, 4.69) is 27.3 Å². The number of hydrogen-bond acceptors (Lipinski definition) is 5. The fourth-order valence-corrected chi connectivity index (χ4v) is 1.08. The van der Waals surface area contributed by atoms with Crippen LogP contribution >= 0.6 is 0 Å². The highest BCUT2D eigenvalue weighted by Crippen LogP contribution is 2.05. The maximum Gasteiger partial charge on any atom is 0.408 e. The normalized spacial score (nSPS) is 10.2. The van der Waals surface area contributed by atoms with E-state index >= 15 is 0 Å². The third-order valence-corrected chi connectivity index (χ3v) is 1.84. The zero-order chi connectivity index (χ0) is 16.3. The van der Waals surface area contributed by atoms with Gasteiger partial charge in [0.2, 0.25) is 5.91 Å². The smallest absolute Gasteiger partial charge is 0.408 e. The molecule has 0 saturated carbocycles. The van der Waals surface area contributed by atoms with E-state index in [1.54, 1.807) is 20.8 Å². The summed E-state index contributed by atoms with van der Waals surface area (Å²) in [6.45, 7) is 8.94. The molecule has 0 aliphatic heterocycles. The van der Waals surface area contributed by atoms with Crippen molar-refractivity contribution in [3.05, 3.63) is 12.7 Å². The lowest BCUT2D eigenvalue weighted by atomic mass is 10.2. The van der Waals surface area contributed by atoms with Crippen LogP contribution in [0.5, 0.6) is 0 Å². The summed E-state index contributed by atoms with van der Waals surface area (Å²) in [7, 11) is 0. The number of amides is 3. The molecule has 0 aromatic rings. The molecule has 8 nitrogen and oxygen atoms in total. The molecule has 0 unspecified atom stereocenters. The molecule has 120 valence electrons. The lowest BCUT2D eigenvalue weighted by Gasteiger charge is -2.19. The first kappa shape index (κ1) is 18.8. The number of nitrogens with one attached hydrogen (secondary N) is 3. The average molecular weight is 301 g/mol. The van der Waals surface area contributed by atoms with E-state index in [-0.39, 0.29) is 32.1 Å². The van der Waals surface area contributed by atoms with Gasteiger partial charge in [-0.05, 0) is 20.8 Å². The monoisotopic (exact) mass is 301 g/mol. The van der Waals surface area contributed by atoms with Gasteiger partial charge < -0.3 is 25.4 Å². The van der Waals surface area contributed by atoms with Crippen LogP contribution in [-0.2, 0) is 14.3 Å². The van der Waals surface area contributed by atoms with E-state index in [0.29, 0.717) is 0 Å². The second-order valence-electron chi connectivity index (χ2n) is 5.02. The van der Waals surface area contributed by atoms with Crippen LogP contribution in [0, 0.1) is 0 Å². The summed E-state index contributed by atoms with van der Waals surface area (Å²) in [5.74, 6) is -0.387. The van der Waals surface area contributed by atoms with Crippen molar-refractivity contribution in [2.24, 2.45) is 0 Å². The molecular weight excluding hydrogens is 278 g/mol. The van der Waals surface area contributed by atoms with Gasteiger partial charge in [-0.2, -0.15) is 0 Å². The quantitative estimate of drug-likeness (QED) is 0.470. The Bertz CT molecular complexity index is 376. The summed E-state index contributed by atoms with van der Waals surface area (Å²) in [5.41, 5.74) is -0.615. The van der Waals surface area contributed by atoms with Gasteiger partial charge in [0.15, 0.2) is 0 Å². The first-order valence-corrected chi connectivity index (χ1v) is 6.49. The standard InChI is InChI=1S/C13H23N3O5/c1-5-8-20-11(18)15-7-6-14-10(17)9-16-12(19)21-13(2,3)4/h5H,1,6-9H2,2-4H3,(H,14,17)(H,15,18)(H,16,19). The van der Waals surface area contributed by atoms with Crippen LogP contribution in [0.15, 0.2) is 12.7 Å². The van der Waals surface area contributed by atoms with E-state index in [4.69, 9.17) is 4.74 Å². The largest absolute Gasteiger partial charge is 0.445 e. The molecule has 0 aromatic heterocycles. The molecule has 0 fully saturated rings. The minimum Gasteiger partial charge on any atom is -0.445 e. The van der Waals surface area contributed by atoms with Gasteiger partial charge in [-0.1, -0.05) is 12.7 Å². The molecule has 0 saturated heterocycles. The number of alkyl carbamates (subject to hydrolysis) is 2. The van der Waals surface area contributed by atoms with E-state index < -0.39 is 17.8 Å². The summed E-state index contributed by atoms with van der Waals surface area (Å²) < 4.78 is 9.64. The van der Waals surface area contributed by atoms with E-state index in [1.807, 2.05) is 0 Å². The van der Waals surface area contributed by atoms with Crippen LogP contribution in [-0.4, -0.2) is 49.9 Å². The van der Waals surface area contributed by atoms with Crippen molar-refractivity contribution in [2.45, 2.75) is 26.4 Å². The van der Waals surface area contributed by atoms with Crippen molar-refractivity contribution in [1.82, 2.24) is 16.0 Å². The van der Waals surface area contributed by atoms with Gasteiger partial charge in [-0.15, -0.1) is 0 Å². The minimum absolute atomic E-state index is 0.123. The van der Waals surface area contributed by atoms with Crippen LogP contribution in [0.2, 0.25) is 0 Å². The van der Waals surface area contributed by atoms with Crippen LogP contribution in [0.4, 0.5) is 9.59 Å². The highest BCUT2D eigenvalue weighted by molar-refractivity contribution is 5.82. The topological polar surface area (TPSA) is 106 Å². The maximum atomic E-state index is 11.4. The molecule has 0 heterocycles. The first-order chi connectivity index (χ1) is 9.74. The molecule has 3 amide bonds. The van der Waals surface area contributed by atoms with Gasteiger partial charge in [0.25, 0.3) is 0 Å². The second-order valence-corrected chi connectivity index (χ2v) is 5.02. The molecule has 0 aliphatic carbocycles. The van der Waals surface area contributed by atoms with E-state index in [9.17, 15) is 14.4 Å². The number of rotatable bonds is 7. The van der Waals surface area contributed by atoms with Crippen molar-refractivity contribution < 1.29 is 23.9 Å². The summed E-state index contributed by atoms with van der Waals surface area (Å²) in [6.07, 6.45) is 0.198. The van der Waals surface area contributed by atoms with Crippen LogP contribution in [0.25, 0.3) is 0 Å². The molecule has 21 heavy (non-hydrogen) atoms. The molecular formula is C13H23N3O5. The summed E-state index contributed by atoms with van der Waals surface area (Å²) in [6, 6.07) is 0. The van der Waals surface area contributed by atoms with Gasteiger partial charge in [-0.3, -0.25) is 4.79 Å². The first-order valence-electron chi connectivity index (χ1n) is 6.49. The highest BCUT2D eigenvalue weighted by atomic mass is 16.6. The van der Waals surface area contributed by atoms with Crippen molar-refractivity contribution in [1.29, 1.82) is 0 Å². The van der Waals surface area contributed by atoms with Crippen LogP contribution < -0.4 is 16.0 Å². The lowest BCUT2D eigenvalue weighted by molar-refractivity contribution is -0.120. The van der Waals surface area contributed by atoms with Crippen molar-refractivity contribution in [3.63, 3.8) is 0 Å². The highest BCUT2D eigenvalue weighted by Gasteiger charge is 2.16. The Morgan fingerprint density at radius 2 is 1.67 bits per heavy atom. The van der Waals surface area contributed by atoms with E-state index in [1.165, 1.54) is 6.08 Å². The Morgan fingerprint density at radius 3 is 2.24 bits per heavy atom. The number of ether oxygens (including phenoxy) is 2. The van der Waals surface area contributed by atoms with Crippen molar-refractivity contribution in [2.75, 3.05) is 26.2 Å². The predicted octanol–water partition coefficient (Wildman–Crippen LogP) is 0.540. The third kappa shape index (κ3) is 12.5. The number of carbonyl (C=O) groups excluding carboxylic acids is 3. The van der Waals surface area contributed by atoms with Gasteiger partial charge in [0, 0.05) is 13.1 Å². The molecule has 3 N–H and O–H groups in total. The van der Waals surface area contributed by atoms with Gasteiger partial charge in [0.05, 0.1) is 6.54 Å². The molecule has 8 heteroatoms. The molecule has 0 aromatic carbocycles. The summed E-state index contributed by atoms with van der Waals surface area (Å²) >= 11 is 0. The Balaban J connectivity index is 3.65. The number of carbonyl (C=O) groups is 3.